The summed E-state index contributed by atoms with van der Waals surface area (Å²) < 4.78 is 16.3. The lowest BCUT2D eigenvalue weighted by Gasteiger charge is -2.34. The molecule has 0 atom stereocenters. The summed E-state index contributed by atoms with van der Waals surface area (Å²) in [7, 11) is 0. The van der Waals surface area contributed by atoms with E-state index in [9.17, 15) is 9.59 Å². The quantitative estimate of drug-likeness (QED) is 0.648. The second-order valence-electron chi connectivity index (χ2n) is 7.30. The van der Waals surface area contributed by atoms with Gasteiger partial charge in [-0.15, -0.1) is 0 Å². The van der Waals surface area contributed by atoms with E-state index < -0.39 is 0 Å². The second-order valence-corrected chi connectivity index (χ2v) is 7.30. The monoisotopic (exact) mass is 430 g/mol. The van der Waals surface area contributed by atoms with Gasteiger partial charge in [0.2, 0.25) is 5.91 Å². The molecule has 0 saturated carbocycles. The average Bonchev–Trinajstić information content (AvgIpc) is 3.18. The molecule has 1 aromatic carbocycles. The molecule has 2 amide bonds. The number of benzene rings is 1. The van der Waals surface area contributed by atoms with Gasteiger partial charge in [0, 0.05) is 37.8 Å². The van der Waals surface area contributed by atoms with E-state index in [0.717, 1.165) is 24.5 Å². The summed E-state index contributed by atoms with van der Waals surface area (Å²) in [5.41, 5.74) is 1.28. The van der Waals surface area contributed by atoms with Crippen LogP contribution in [0.4, 0.5) is 0 Å². The molecule has 1 N–H and O–H groups in total. The van der Waals surface area contributed by atoms with Crippen LogP contribution in [-0.2, 0) is 11.3 Å². The SMILES string of the molecule is CCOc1ccc(C(=O)NCC(=O)N2CCN(Cc3cc(C)no3)CC2)cc1OCC. The zero-order valence-corrected chi connectivity index (χ0v) is 18.3. The van der Waals surface area contributed by atoms with E-state index in [4.69, 9.17) is 14.0 Å². The third-order valence-corrected chi connectivity index (χ3v) is 4.99. The summed E-state index contributed by atoms with van der Waals surface area (Å²) in [4.78, 5) is 29.0. The molecule has 1 fully saturated rings. The van der Waals surface area contributed by atoms with Gasteiger partial charge < -0.3 is 24.2 Å². The number of aromatic nitrogens is 1. The minimum Gasteiger partial charge on any atom is -0.490 e. The summed E-state index contributed by atoms with van der Waals surface area (Å²) >= 11 is 0. The minimum atomic E-state index is -0.323. The van der Waals surface area contributed by atoms with Crippen LogP contribution in [-0.4, -0.2) is 72.7 Å². The van der Waals surface area contributed by atoms with Crippen LogP contribution in [0.3, 0.4) is 0 Å². The van der Waals surface area contributed by atoms with Gasteiger partial charge in [0.25, 0.3) is 5.91 Å². The largest absolute Gasteiger partial charge is 0.490 e. The molecule has 0 spiro atoms. The van der Waals surface area contributed by atoms with Crippen molar-refractivity contribution in [3.05, 3.63) is 41.3 Å². The van der Waals surface area contributed by atoms with Gasteiger partial charge in [0.15, 0.2) is 17.3 Å². The summed E-state index contributed by atoms with van der Waals surface area (Å²) in [6.07, 6.45) is 0. The first-order chi connectivity index (χ1) is 15.0. The van der Waals surface area contributed by atoms with Crippen LogP contribution in [0.2, 0.25) is 0 Å². The molecule has 0 aliphatic carbocycles. The van der Waals surface area contributed by atoms with Crippen molar-refractivity contribution in [1.82, 2.24) is 20.3 Å². The summed E-state index contributed by atoms with van der Waals surface area (Å²) in [6, 6.07) is 6.93. The van der Waals surface area contributed by atoms with Crippen LogP contribution < -0.4 is 14.8 Å². The molecule has 2 heterocycles. The molecule has 0 bridgehead atoms. The molecule has 1 aromatic heterocycles. The molecule has 9 nitrogen and oxygen atoms in total. The number of hydrogen-bond donors (Lipinski definition) is 1. The first-order valence-corrected chi connectivity index (χ1v) is 10.6. The maximum absolute atomic E-state index is 12.5. The highest BCUT2D eigenvalue weighted by molar-refractivity contribution is 5.97. The maximum atomic E-state index is 12.5. The fourth-order valence-electron chi connectivity index (χ4n) is 3.43. The highest BCUT2D eigenvalue weighted by atomic mass is 16.5. The summed E-state index contributed by atoms with van der Waals surface area (Å²) in [5, 5.41) is 6.61. The molecule has 1 saturated heterocycles. The molecule has 31 heavy (non-hydrogen) atoms. The number of amides is 2. The molecule has 2 aromatic rings. The van der Waals surface area contributed by atoms with Crippen molar-refractivity contribution in [2.75, 3.05) is 45.9 Å². The Kier molecular flexibility index (Phi) is 7.88. The van der Waals surface area contributed by atoms with Gasteiger partial charge in [-0.25, -0.2) is 0 Å². The van der Waals surface area contributed by atoms with E-state index in [-0.39, 0.29) is 18.4 Å². The van der Waals surface area contributed by atoms with E-state index in [1.54, 1.807) is 23.1 Å². The van der Waals surface area contributed by atoms with Crippen molar-refractivity contribution in [3.8, 4) is 11.5 Å². The molecule has 1 aliphatic heterocycles. The smallest absolute Gasteiger partial charge is 0.251 e. The van der Waals surface area contributed by atoms with E-state index in [1.165, 1.54) is 0 Å². The van der Waals surface area contributed by atoms with Crippen molar-refractivity contribution in [2.24, 2.45) is 0 Å². The predicted octanol–water partition coefficient (Wildman–Crippen LogP) is 1.85. The van der Waals surface area contributed by atoms with Crippen LogP contribution in [0.1, 0.15) is 35.7 Å². The topological polar surface area (TPSA) is 97.1 Å². The number of ether oxygens (including phenoxy) is 2. The van der Waals surface area contributed by atoms with E-state index in [0.29, 0.717) is 49.9 Å². The summed E-state index contributed by atoms with van der Waals surface area (Å²) in [5.74, 6) is 1.51. The maximum Gasteiger partial charge on any atom is 0.251 e. The second kappa shape index (κ2) is 10.8. The Balaban J connectivity index is 1.47. The number of carbonyl (C=O) groups is 2. The number of piperazine rings is 1. The first-order valence-electron chi connectivity index (χ1n) is 10.6. The van der Waals surface area contributed by atoms with Gasteiger partial charge >= 0.3 is 0 Å². The van der Waals surface area contributed by atoms with Crippen LogP contribution in [0.5, 0.6) is 11.5 Å². The van der Waals surface area contributed by atoms with Gasteiger partial charge in [-0.1, -0.05) is 5.16 Å². The fourth-order valence-corrected chi connectivity index (χ4v) is 3.43. The summed E-state index contributed by atoms with van der Waals surface area (Å²) in [6.45, 7) is 9.96. The number of carbonyl (C=O) groups excluding carboxylic acids is 2. The van der Waals surface area contributed by atoms with Crippen LogP contribution >= 0.6 is 0 Å². The molecule has 168 valence electrons. The Bertz CT molecular complexity index is 890. The van der Waals surface area contributed by atoms with E-state index >= 15 is 0 Å². The Hall–Kier alpha value is -3.07. The molecule has 1 aliphatic rings. The lowest BCUT2D eigenvalue weighted by molar-refractivity contribution is -0.131. The van der Waals surface area contributed by atoms with Crippen LogP contribution in [0, 0.1) is 6.92 Å². The average molecular weight is 431 g/mol. The van der Waals surface area contributed by atoms with Gasteiger partial charge in [0.05, 0.1) is 32.0 Å². The third kappa shape index (κ3) is 6.21. The van der Waals surface area contributed by atoms with Gasteiger partial charge in [-0.05, 0) is 39.0 Å². The number of rotatable bonds is 9. The Labute approximate surface area is 182 Å². The molecule has 0 unspecified atom stereocenters. The number of nitrogens with one attached hydrogen (secondary N) is 1. The third-order valence-electron chi connectivity index (χ3n) is 4.99. The van der Waals surface area contributed by atoms with Crippen LogP contribution in [0.25, 0.3) is 0 Å². The zero-order valence-electron chi connectivity index (χ0n) is 18.3. The predicted molar refractivity (Wildman–Crippen MR) is 114 cm³/mol. The first kappa shape index (κ1) is 22.6. The molecule has 0 radical (unpaired) electrons. The Morgan fingerprint density at radius 3 is 2.42 bits per heavy atom. The van der Waals surface area contributed by atoms with Crippen molar-refractivity contribution in [2.45, 2.75) is 27.3 Å². The van der Waals surface area contributed by atoms with Crippen molar-refractivity contribution in [1.29, 1.82) is 0 Å². The van der Waals surface area contributed by atoms with Crippen molar-refractivity contribution >= 4 is 11.8 Å². The van der Waals surface area contributed by atoms with E-state index in [1.807, 2.05) is 26.8 Å². The van der Waals surface area contributed by atoms with Crippen LogP contribution in [0.15, 0.2) is 28.8 Å². The Morgan fingerprint density at radius 1 is 1.06 bits per heavy atom. The van der Waals surface area contributed by atoms with Gasteiger partial charge in [-0.3, -0.25) is 14.5 Å². The number of aryl methyl sites for hydroxylation is 1. The van der Waals surface area contributed by atoms with Gasteiger partial charge in [0.1, 0.15) is 0 Å². The highest BCUT2D eigenvalue weighted by Crippen LogP contribution is 2.28. The molecular formula is C22H30N4O5. The standard InChI is InChI=1S/C22H30N4O5/c1-4-29-19-7-6-17(13-20(19)30-5-2)22(28)23-14-21(27)26-10-8-25(9-11-26)15-18-12-16(3)24-31-18/h6-7,12-13H,4-5,8-11,14-15H2,1-3H3,(H,23,28). The highest BCUT2D eigenvalue weighted by Gasteiger charge is 2.22. The van der Waals surface area contributed by atoms with Crippen molar-refractivity contribution < 1.29 is 23.6 Å². The lowest BCUT2D eigenvalue weighted by atomic mass is 10.2. The molecular weight excluding hydrogens is 400 g/mol. The normalized spacial score (nSPS) is 14.4. The minimum absolute atomic E-state index is 0.0443. The van der Waals surface area contributed by atoms with Gasteiger partial charge in [-0.2, -0.15) is 0 Å². The Morgan fingerprint density at radius 2 is 1.77 bits per heavy atom. The number of nitrogens with zero attached hydrogens (tertiary/aromatic N) is 3. The molecule has 9 heteroatoms. The molecule has 3 rings (SSSR count). The van der Waals surface area contributed by atoms with Crippen molar-refractivity contribution in [3.63, 3.8) is 0 Å². The number of hydrogen-bond acceptors (Lipinski definition) is 7. The fraction of sp³-hybridized carbons (Fsp3) is 0.500. The van der Waals surface area contributed by atoms with E-state index in [2.05, 4.69) is 15.4 Å². The lowest BCUT2D eigenvalue weighted by Crippen LogP contribution is -2.50. The zero-order chi connectivity index (χ0) is 22.2.